The number of carbonyl (C=O) groups excluding carboxylic acids is 1. The maximum atomic E-state index is 12.0. The van der Waals surface area contributed by atoms with Crippen LogP contribution in [0.5, 0.6) is 0 Å². The lowest BCUT2D eigenvalue weighted by Crippen LogP contribution is -2.33. The number of hydrogen-bond acceptors (Lipinski definition) is 3. The second-order valence-electron chi connectivity index (χ2n) is 4.72. The van der Waals surface area contributed by atoms with Crippen molar-refractivity contribution in [3.63, 3.8) is 0 Å². The molecule has 0 fully saturated rings. The van der Waals surface area contributed by atoms with Crippen LogP contribution in [0.2, 0.25) is 0 Å². The fraction of sp³-hybridized carbons (Fsp3) is 0.125. The van der Waals surface area contributed by atoms with Gasteiger partial charge in [-0.05, 0) is 11.1 Å². The molecule has 108 valence electrons. The van der Waals surface area contributed by atoms with E-state index in [2.05, 4.69) is 5.32 Å². The molecular formula is C16H18N4O. The van der Waals surface area contributed by atoms with Crippen molar-refractivity contribution in [1.29, 1.82) is 5.41 Å². The van der Waals surface area contributed by atoms with E-state index in [1.54, 1.807) is 12.1 Å². The number of benzene rings is 2. The van der Waals surface area contributed by atoms with Crippen LogP contribution in [0.25, 0.3) is 0 Å². The van der Waals surface area contributed by atoms with E-state index >= 15 is 0 Å². The average Bonchev–Trinajstić information content (AvgIpc) is 2.53. The molecule has 0 spiro atoms. The molecular weight excluding hydrogens is 264 g/mol. The topological polar surface area (TPSA) is 105 Å². The highest BCUT2D eigenvalue weighted by Gasteiger charge is 2.14. The van der Waals surface area contributed by atoms with Crippen LogP contribution >= 0.6 is 0 Å². The summed E-state index contributed by atoms with van der Waals surface area (Å²) < 4.78 is 0. The first-order valence-corrected chi connectivity index (χ1v) is 6.59. The van der Waals surface area contributed by atoms with Gasteiger partial charge in [-0.15, -0.1) is 0 Å². The molecule has 0 saturated heterocycles. The molecule has 6 N–H and O–H groups in total. The number of carbonyl (C=O) groups is 1. The van der Waals surface area contributed by atoms with E-state index in [0.717, 1.165) is 11.1 Å². The molecule has 2 aromatic carbocycles. The predicted octanol–water partition coefficient (Wildman–Crippen LogP) is 1.29. The van der Waals surface area contributed by atoms with E-state index < -0.39 is 6.04 Å². The maximum absolute atomic E-state index is 12.0. The van der Waals surface area contributed by atoms with Crippen LogP contribution in [0.3, 0.4) is 0 Å². The lowest BCUT2D eigenvalue weighted by molar-refractivity contribution is -0.122. The zero-order valence-electron chi connectivity index (χ0n) is 11.5. The number of amidine groups is 1. The highest BCUT2D eigenvalue weighted by molar-refractivity contribution is 5.94. The first-order valence-electron chi connectivity index (χ1n) is 6.59. The average molecular weight is 282 g/mol. The van der Waals surface area contributed by atoms with E-state index in [1.165, 1.54) is 0 Å². The Morgan fingerprint density at radius 2 is 1.71 bits per heavy atom. The molecule has 1 atom stereocenters. The summed E-state index contributed by atoms with van der Waals surface area (Å²) in [5.41, 5.74) is 13.7. The Labute approximate surface area is 123 Å². The minimum atomic E-state index is -0.678. The summed E-state index contributed by atoms with van der Waals surface area (Å²) in [7, 11) is 0. The van der Waals surface area contributed by atoms with Crippen LogP contribution in [0.15, 0.2) is 54.6 Å². The monoisotopic (exact) mass is 282 g/mol. The van der Waals surface area contributed by atoms with Crippen molar-refractivity contribution in [2.45, 2.75) is 12.6 Å². The van der Waals surface area contributed by atoms with Gasteiger partial charge >= 0.3 is 0 Å². The molecule has 0 bridgehead atoms. The Morgan fingerprint density at radius 1 is 1.10 bits per heavy atom. The van der Waals surface area contributed by atoms with Crippen molar-refractivity contribution in [2.75, 3.05) is 0 Å². The van der Waals surface area contributed by atoms with Gasteiger partial charge in [0.15, 0.2) is 0 Å². The van der Waals surface area contributed by atoms with E-state index in [1.807, 2.05) is 42.5 Å². The van der Waals surface area contributed by atoms with Gasteiger partial charge in [0.2, 0.25) is 5.91 Å². The smallest absolute Gasteiger partial charge is 0.241 e. The first kappa shape index (κ1) is 14.7. The molecule has 1 amide bonds. The zero-order valence-corrected chi connectivity index (χ0v) is 11.5. The Balaban J connectivity index is 1.93. The van der Waals surface area contributed by atoms with Gasteiger partial charge in [0, 0.05) is 12.1 Å². The summed E-state index contributed by atoms with van der Waals surface area (Å²) in [5.74, 6) is -0.200. The molecule has 0 aromatic heterocycles. The summed E-state index contributed by atoms with van der Waals surface area (Å²) >= 11 is 0. The number of nitrogen functional groups attached to an aromatic ring is 1. The van der Waals surface area contributed by atoms with Gasteiger partial charge in [0.1, 0.15) is 11.9 Å². The Bertz CT molecular complexity index is 622. The zero-order chi connectivity index (χ0) is 15.2. The highest BCUT2D eigenvalue weighted by atomic mass is 16.2. The summed E-state index contributed by atoms with van der Waals surface area (Å²) in [6.45, 7) is 0.386. The molecule has 0 aliphatic rings. The van der Waals surface area contributed by atoms with E-state index in [0.29, 0.717) is 12.1 Å². The minimum Gasteiger partial charge on any atom is -0.384 e. The van der Waals surface area contributed by atoms with Crippen LogP contribution in [0.4, 0.5) is 0 Å². The number of rotatable bonds is 5. The molecule has 0 radical (unpaired) electrons. The van der Waals surface area contributed by atoms with Crippen LogP contribution in [0.1, 0.15) is 22.7 Å². The maximum Gasteiger partial charge on any atom is 0.241 e. The van der Waals surface area contributed by atoms with Gasteiger partial charge < -0.3 is 16.8 Å². The molecule has 5 nitrogen and oxygen atoms in total. The predicted molar refractivity (Wildman–Crippen MR) is 82.7 cm³/mol. The quantitative estimate of drug-likeness (QED) is 0.490. The molecule has 0 aliphatic heterocycles. The molecule has 0 aliphatic carbocycles. The van der Waals surface area contributed by atoms with Crippen LogP contribution in [0, 0.1) is 5.41 Å². The molecule has 2 aromatic rings. The van der Waals surface area contributed by atoms with Gasteiger partial charge in [0.05, 0.1) is 0 Å². The number of amides is 1. The fourth-order valence-electron chi connectivity index (χ4n) is 1.91. The summed E-state index contributed by atoms with van der Waals surface area (Å²) in [5, 5.41) is 10.1. The number of nitrogens with two attached hydrogens (primary N) is 2. The first-order chi connectivity index (χ1) is 10.1. The third-order valence-electron chi connectivity index (χ3n) is 3.17. The van der Waals surface area contributed by atoms with Crippen molar-refractivity contribution in [3.8, 4) is 0 Å². The minimum absolute atomic E-state index is 0.0247. The number of hydrogen-bond donors (Lipinski definition) is 4. The third kappa shape index (κ3) is 3.90. The Kier molecular flexibility index (Phi) is 4.68. The van der Waals surface area contributed by atoms with Gasteiger partial charge in [-0.3, -0.25) is 10.2 Å². The van der Waals surface area contributed by atoms with Crippen molar-refractivity contribution in [2.24, 2.45) is 11.5 Å². The fourth-order valence-corrected chi connectivity index (χ4v) is 1.91. The van der Waals surface area contributed by atoms with E-state index in [9.17, 15) is 4.79 Å². The second-order valence-corrected chi connectivity index (χ2v) is 4.72. The summed E-state index contributed by atoms with van der Waals surface area (Å²) in [4.78, 5) is 12.0. The number of nitrogens with one attached hydrogen (secondary N) is 2. The third-order valence-corrected chi connectivity index (χ3v) is 3.17. The van der Waals surface area contributed by atoms with Gasteiger partial charge in [-0.25, -0.2) is 0 Å². The summed E-state index contributed by atoms with van der Waals surface area (Å²) in [6.07, 6.45) is 0. The van der Waals surface area contributed by atoms with Crippen LogP contribution in [-0.2, 0) is 11.3 Å². The normalized spacial score (nSPS) is 11.7. The summed E-state index contributed by atoms with van der Waals surface area (Å²) in [6, 6.07) is 15.7. The SMILES string of the molecule is N=C(N)c1ccc(CNC(=O)C(N)c2ccccc2)cc1. The second kappa shape index (κ2) is 6.67. The lowest BCUT2D eigenvalue weighted by atomic mass is 10.1. The molecule has 2 rings (SSSR count). The van der Waals surface area contributed by atoms with E-state index in [4.69, 9.17) is 16.9 Å². The van der Waals surface area contributed by atoms with Crippen LogP contribution < -0.4 is 16.8 Å². The van der Waals surface area contributed by atoms with Gasteiger partial charge in [-0.1, -0.05) is 54.6 Å². The highest BCUT2D eigenvalue weighted by Crippen LogP contribution is 2.10. The molecule has 5 heteroatoms. The molecule has 21 heavy (non-hydrogen) atoms. The molecule has 1 unspecified atom stereocenters. The Morgan fingerprint density at radius 3 is 2.29 bits per heavy atom. The van der Waals surface area contributed by atoms with Crippen molar-refractivity contribution in [3.05, 3.63) is 71.3 Å². The lowest BCUT2D eigenvalue weighted by Gasteiger charge is -2.12. The van der Waals surface area contributed by atoms with Crippen molar-refractivity contribution >= 4 is 11.7 Å². The standard InChI is InChI=1S/C16H18N4O/c17-14(12-4-2-1-3-5-12)16(21)20-10-11-6-8-13(9-7-11)15(18)19/h1-9,14H,10,17H2,(H3,18,19)(H,20,21). The van der Waals surface area contributed by atoms with Gasteiger partial charge in [-0.2, -0.15) is 0 Å². The van der Waals surface area contributed by atoms with Crippen LogP contribution in [-0.4, -0.2) is 11.7 Å². The molecule has 0 heterocycles. The largest absolute Gasteiger partial charge is 0.384 e. The van der Waals surface area contributed by atoms with E-state index in [-0.39, 0.29) is 11.7 Å². The molecule has 0 saturated carbocycles. The van der Waals surface area contributed by atoms with Crippen molar-refractivity contribution < 1.29 is 4.79 Å². The Hall–Kier alpha value is -2.66. The van der Waals surface area contributed by atoms with Gasteiger partial charge in [0.25, 0.3) is 0 Å². The van der Waals surface area contributed by atoms with Crippen molar-refractivity contribution in [1.82, 2.24) is 5.32 Å².